The molecule has 3 aliphatic heterocycles. The van der Waals surface area contributed by atoms with Crippen LogP contribution in [0.4, 0.5) is 15.3 Å². The third kappa shape index (κ3) is 7.80. The summed E-state index contributed by atoms with van der Waals surface area (Å²) >= 11 is 0. The third-order valence-corrected chi connectivity index (χ3v) is 11.0. The summed E-state index contributed by atoms with van der Waals surface area (Å²) in [7, 11) is 1.44. The fraction of sp³-hybridized carbons (Fsp3) is 0.283. The van der Waals surface area contributed by atoms with Crippen molar-refractivity contribution in [1.82, 2.24) is 15.5 Å². The molecule has 0 radical (unpaired) electrons. The molecular weight excluding hydrogens is 783 g/mol. The summed E-state index contributed by atoms with van der Waals surface area (Å²) in [4.78, 5) is 74.8. The van der Waals surface area contributed by atoms with E-state index >= 15 is 14.4 Å². The van der Waals surface area contributed by atoms with E-state index in [1.807, 2.05) is 65.6 Å². The standard InChI is InChI=1S/C46H45N5O10/c1-3-22-48-41(53)36-38-42(54)61-39(31-16-8-5-9-17-31)37(30-14-6-4-7-15-30)51(38)40(32-18-10-11-19-35(32)59-25-24-52)46(36)33-28-29(13-12-23-49-44(47)56)20-21-34(33)50(43(46)55)45(57)60-27-26-58-2/h3-11,14-21,28,36-40,52H,1,22-27H2,2H3,(H,48,53)(H3,47,49,56)/t36-,37-,38-,39+,40+,46-/m1/s1. The van der Waals surface area contributed by atoms with E-state index in [4.69, 9.17) is 24.7 Å². The molecule has 0 aliphatic carbocycles. The number of hydrogen-bond donors (Lipinski definition) is 4. The van der Waals surface area contributed by atoms with Crippen molar-refractivity contribution < 1.29 is 48.0 Å². The second kappa shape index (κ2) is 18.5. The van der Waals surface area contributed by atoms with Crippen molar-refractivity contribution in [3.05, 3.63) is 144 Å². The van der Waals surface area contributed by atoms with Crippen LogP contribution in [0.1, 0.15) is 46.0 Å². The minimum absolute atomic E-state index is 0.0228. The molecule has 4 aromatic rings. The highest BCUT2D eigenvalue weighted by Gasteiger charge is 2.76. The van der Waals surface area contributed by atoms with Gasteiger partial charge >= 0.3 is 18.1 Å². The van der Waals surface area contributed by atoms with Gasteiger partial charge in [-0.3, -0.25) is 19.3 Å². The second-order valence-corrected chi connectivity index (χ2v) is 14.4. The number of hydrogen-bond acceptors (Lipinski definition) is 11. The number of rotatable bonds is 13. The third-order valence-electron chi connectivity index (χ3n) is 11.0. The number of benzene rings is 4. The van der Waals surface area contributed by atoms with Crippen LogP contribution in [-0.4, -0.2) is 92.6 Å². The van der Waals surface area contributed by atoms with Crippen LogP contribution in [0, 0.1) is 17.8 Å². The molecule has 4 aromatic carbocycles. The number of urea groups is 1. The maximum atomic E-state index is 16.1. The molecule has 314 valence electrons. The van der Waals surface area contributed by atoms with E-state index in [1.54, 1.807) is 36.4 Å². The van der Waals surface area contributed by atoms with Crippen molar-refractivity contribution in [3.8, 4) is 17.6 Å². The van der Waals surface area contributed by atoms with Crippen molar-refractivity contribution in [2.75, 3.05) is 51.5 Å². The number of aliphatic hydroxyl groups excluding tert-OH is 1. The maximum Gasteiger partial charge on any atom is 0.421 e. The molecule has 0 saturated carbocycles. The fourth-order valence-electron chi connectivity index (χ4n) is 8.77. The Balaban J connectivity index is 1.59. The lowest BCUT2D eigenvalue weighted by molar-refractivity contribution is -0.178. The molecule has 3 heterocycles. The van der Waals surface area contributed by atoms with Crippen molar-refractivity contribution >= 4 is 35.6 Å². The number of esters is 1. The predicted octanol–water partition coefficient (Wildman–Crippen LogP) is 3.83. The molecule has 1 spiro atoms. The van der Waals surface area contributed by atoms with Crippen LogP contribution in [0.3, 0.4) is 0 Å². The topological polar surface area (TPSA) is 199 Å². The molecule has 2 saturated heterocycles. The van der Waals surface area contributed by atoms with Gasteiger partial charge in [-0.2, -0.15) is 0 Å². The number of amides is 5. The van der Waals surface area contributed by atoms with E-state index in [2.05, 4.69) is 29.1 Å². The predicted molar refractivity (Wildman–Crippen MR) is 222 cm³/mol. The van der Waals surface area contributed by atoms with Gasteiger partial charge in [0, 0.05) is 24.8 Å². The summed E-state index contributed by atoms with van der Waals surface area (Å²) in [5, 5.41) is 15.2. The molecule has 7 rings (SSSR count). The number of nitrogens with zero attached hydrogens (tertiary/aromatic N) is 2. The number of carbonyl (C=O) groups is 5. The zero-order valence-corrected chi connectivity index (χ0v) is 33.3. The normalized spacial score (nSPS) is 22.6. The molecule has 0 aromatic heterocycles. The van der Waals surface area contributed by atoms with Crippen molar-refractivity contribution in [3.63, 3.8) is 0 Å². The number of carbonyl (C=O) groups excluding carboxylic acids is 5. The van der Waals surface area contributed by atoms with Crippen LogP contribution in [-0.2, 0) is 34.0 Å². The van der Waals surface area contributed by atoms with Gasteiger partial charge in [0.25, 0.3) is 0 Å². The quantitative estimate of drug-likeness (QED) is 0.0662. The lowest BCUT2D eigenvalue weighted by Crippen LogP contribution is -2.55. The lowest BCUT2D eigenvalue weighted by Gasteiger charge is -2.46. The molecule has 2 fully saturated rings. The van der Waals surface area contributed by atoms with Crippen LogP contribution in [0.15, 0.2) is 116 Å². The molecule has 15 nitrogen and oxygen atoms in total. The number of anilines is 1. The number of morpholine rings is 1. The maximum absolute atomic E-state index is 16.1. The Kier molecular flexibility index (Phi) is 12.8. The van der Waals surface area contributed by atoms with Crippen LogP contribution in [0.25, 0.3) is 0 Å². The van der Waals surface area contributed by atoms with Gasteiger partial charge in [-0.05, 0) is 41.0 Å². The Hall–Kier alpha value is -6.99. The summed E-state index contributed by atoms with van der Waals surface area (Å²) in [5.41, 5.74) is 5.56. The number of nitrogens with one attached hydrogen (secondary N) is 2. The number of fused-ring (bicyclic) bond motifs is 3. The zero-order chi connectivity index (χ0) is 43.1. The zero-order valence-electron chi connectivity index (χ0n) is 33.3. The first kappa shape index (κ1) is 42.1. The van der Waals surface area contributed by atoms with Gasteiger partial charge < -0.3 is 40.4 Å². The van der Waals surface area contributed by atoms with Gasteiger partial charge in [0.2, 0.25) is 11.8 Å². The summed E-state index contributed by atoms with van der Waals surface area (Å²) in [6.07, 6.45) is -0.511. The Morgan fingerprint density at radius 3 is 2.31 bits per heavy atom. The van der Waals surface area contributed by atoms with Crippen LogP contribution >= 0.6 is 0 Å². The second-order valence-electron chi connectivity index (χ2n) is 14.4. The summed E-state index contributed by atoms with van der Waals surface area (Å²) < 4.78 is 23.4. The van der Waals surface area contributed by atoms with E-state index < -0.39 is 65.5 Å². The van der Waals surface area contributed by atoms with E-state index in [1.165, 1.54) is 19.3 Å². The number of nitrogens with two attached hydrogens (primary N) is 1. The first-order valence-corrected chi connectivity index (χ1v) is 19.6. The smallest absolute Gasteiger partial charge is 0.421 e. The number of primary amides is 1. The molecule has 0 unspecified atom stereocenters. The highest BCUT2D eigenvalue weighted by molar-refractivity contribution is 6.23. The summed E-state index contributed by atoms with van der Waals surface area (Å²) in [5.74, 6) is 2.21. The average Bonchev–Trinajstić information content (AvgIpc) is 3.73. The van der Waals surface area contributed by atoms with Gasteiger partial charge in [-0.15, -0.1) is 6.58 Å². The van der Waals surface area contributed by atoms with Crippen LogP contribution in [0.5, 0.6) is 5.75 Å². The molecule has 5 N–H and O–H groups in total. The monoisotopic (exact) mass is 827 g/mol. The van der Waals surface area contributed by atoms with Gasteiger partial charge in [0.1, 0.15) is 36.5 Å². The molecule has 6 atom stereocenters. The van der Waals surface area contributed by atoms with Crippen LogP contribution < -0.4 is 26.0 Å². The highest BCUT2D eigenvalue weighted by Crippen LogP contribution is 2.66. The first-order chi connectivity index (χ1) is 29.7. The van der Waals surface area contributed by atoms with E-state index in [0.717, 1.165) is 4.90 Å². The minimum Gasteiger partial charge on any atom is -0.491 e. The summed E-state index contributed by atoms with van der Waals surface area (Å²) in [6.45, 7) is 3.03. The van der Waals surface area contributed by atoms with E-state index in [0.29, 0.717) is 22.3 Å². The van der Waals surface area contributed by atoms with Gasteiger partial charge in [0.05, 0.1) is 43.4 Å². The van der Waals surface area contributed by atoms with Gasteiger partial charge in [-0.1, -0.05) is 96.8 Å². The van der Waals surface area contributed by atoms with Crippen LogP contribution in [0.2, 0.25) is 0 Å². The number of ether oxygens (including phenoxy) is 4. The lowest BCUT2D eigenvalue weighted by atomic mass is 9.65. The molecule has 0 bridgehead atoms. The van der Waals surface area contributed by atoms with Crippen molar-refractivity contribution in [2.45, 2.75) is 29.6 Å². The molecule has 61 heavy (non-hydrogen) atoms. The molecule has 3 aliphatic rings. The highest BCUT2D eigenvalue weighted by atomic mass is 16.6. The summed E-state index contributed by atoms with van der Waals surface area (Å²) in [6, 6.07) is 25.8. The Morgan fingerprint density at radius 1 is 0.918 bits per heavy atom. The van der Waals surface area contributed by atoms with Gasteiger partial charge in [-0.25, -0.2) is 14.5 Å². The molecule has 5 amide bonds. The Labute approximate surface area is 352 Å². The SMILES string of the molecule is C=CCNC(=O)[C@H]1[C@@H]2C(=O)O[C@@H](c3ccccc3)[C@@H](c3ccccc3)N2[C@@H](c2ccccc2OCCO)[C@]12C(=O)N(C(=O)OCCOC)c1ccc(C#CCNC(N)=O)cc12. The number of imide groups is 1. The minimum atomic E-state index is -2.11. The van der Waals surface area contributed by atoms with E-state index in [9.17, 15) is 14.7 Å². The van der Waals surface area contributed by atoms with Gasteiger partial charge in [0.15, 0.2) is 0 Å². The number of methoxy groups -OCH3 is 1. The number of aliphatic hydroxyl groups is 1. The number of cyclic esters (lactones) is 1. The average molecular weight is 828 g/mol. The Morgan fingerprint density at radius 2 is 1.62 bits per heavy atom. The largest absolute Gasteiger partial charge is 0.491 e. The van der Waals surface area contributed by atoms with Crippen molar-refractivity contribution in [2.24, 2.45) is 11.7 Å². The fourth-order valence-corrected chi connectivity index (χ4v) is 8.77. The molecular formula is C46H45N5O10. The van der Waals surface area contributed by atoms with E-state index in [-0.39, 0.29) is 56.5 Å². The Bertz CT molecular complexity index is 2370. The van der Waals surface area contributed by atoms with Crippen molar-refractivity contribution in [1.29, 1.82) is 0 Å². The molecule has 15 heteroatoms. The number of para-hydroxylation sites is 1. The first-order valence-electron chi connectivity index (χ1n) is 19.6.